The summed E-state index contributed by atoms with van der Waals surface area (Å²) in [6.45, 7) is 5.65. The number of rotatable bonds is 6. The van der Waals surface area contributed by atoms with Crippen molar-refractivity contribution in [3.05, 3.63) is 58.9 Å². The van der Waals surface area contributed by atoms with Crippen molar-refractivity contribution in [3.63, 3.8) is 0 Å². The van der Waals surface area contributed by atoms with Gasteiger partial charge in [-0.25, -0.2) is 12.8 Å². The fourth-order valence-electron chi connectivity index (χ4n) is 3.00. The molecule has 0 fully saturated rings. The van der Waals surface area contributed by atoms with Crippen molar-refractivity contribution >= 4 is 27.3 Å². The summed E-state index contributed by atoms with van der Waals surface area (Å²) in [7, 11) is -3.56. The number of carbonyl (C=O) groups excluding carboxylic acids is 1. The molecular formula is C19H23FN2O3S. The molecule has 0 aliphatic carbocycles. The number of nitrogens with one attached hydrogen (secondary N) is 1. The molecule has 1 N–H and O–H groups in total. The largest absolute Gasteiger partial charge is 0.326 e. The van der Waals surface area contributed by atoms with E-state index in [0.29, 0.717) is 11.4 Å². The van der Waals surface area contributed by atoms with Crippen LogP contribution in [0, 0.1) is 26.6 Å². The number of sulfonamides is 1. The number of hydrogen-bond donors (Lipinski definition) is 1. The Bertz CT molecular complexity index is 903. The van der Waals surface area contributed by atoms with E-state index in [1.165, 1.54) is 22.5 Å². The highest BCUT2D eigenvalue weighted by molar-refractivity contribution is 7.92. The first-order chi connectivity index (χ1) is 12.1. The molecule has 0 unspecified atom stereocenters. The standard InChI is InChI=1S/C19H23FN2O3S/c1-13-10-14(2)19(15(3)11-13)22(26(4,24)25)9-8-18(23)21-17-7-5-6-16(20)12-17/h5-7,10-12H,8-9H2,1-4H3,(H,21,23). The highest BCUT2D eigenvalue weighted by Gasteiger charge is 2.22. The second-order valence-corrected chi connectivity index (χ2v) is 8.30. The van der Waals surface area contributed by atoms with Gasteiger partial charge in [0.1, 0.15) is 5.82 Å². The molecular weight excluding hydrogens is 355 g/mol. The van der Waals surface area contributed by atoms with Crippen LogP contribution in [0.5, 0.6) is 0 Å². The number of carbonyl (C=O) groups is 1. The van der Waals surface area contributed by atoms with Gasteiger partial charge in [-0.15, -0.1) is 0 Å². The van der Waals surface area contributed by atoms with Crippen LogP contribution >= 0.6 is 0 Å². The molecule has 0 atom stereocenters. The van der Waals surface area contributed by atoms with Gasteiger partial charge in [-0.3, -0.25) is 9.10 Å². The second kappa shape index (κ2) is 7.86. The van der Waals surface area contributed by atoms with Gasteiger partial charge < -0.3 is 5.32 Å². The molecule has 1 amide bonds. The average Bonchev–Trinajstić information content (AvgIpc) is 2.48. The van der Waals surface area contributed by atoms with E-state index in [2.05, 4.69) is 5.32 Å². The Labute approximate surface area is 153 Å². The maximum absolute atomic E-state index is 13.2. The third-order valence-electron chi connectivity index (χ3n) is 3.94. The first-order valence-electron chi connectivity index (χ1n) is 8.19. The second-order valence-electron chi connectivity index (χ2n) is 6.39. The van der Waals surface area contributed by atoms with E-state index in [-0.39, 0.29) is 18.9 Å². The molecule has 140 valence electrons. The molecule has 0 aromatic heterocycles. The van der Waals surface area contributed by atoms with E-state index < -0.39 is 15.8 Å². The summed E-state index contributed by atoms with van der Waals surface area (Å²) in [4.78, 5) is 12.2. The number of benzene rings is 2. The zero-order valence-corrected chi connectivity index (χ0v) is 16.2. The molecule has 0 spiro atoms. The van der Waals surface area contributed by atoms with Crippen molar-refractivity contribution in [1.29, 1.82) is 0 Å². The SMILES string of the molecule is Cc1cc(C)c(N(CCC(=O)Nc2cccc(F)c2)S(C)(=O)=O)c(C)c1. The Morgan fingerprint density at radius 3 is 2.27 bits per heavy atom. The number of anilines is 2. The van der Waals surface area contributed by atoms with Crippen LogP contribution in [0.15, 0.2) is 36.4 Å². The van der Waals surface area contributed by atoms with E-state index in [1.807, 2.05) is 32.9 Å². The molecule has 0 saturated heterocycles. The molecule has 0 saturated carbocycles. The van der Waals surface area contributed by atoms with Crippen molar-refractivity contribution in [3.8, 4) is 0 Å². The summed E-state index contributed by atoms with van der Waals surface area (Å²) < 4.78 is 39.0. The molecule has 5 nitrogen and oxygen atoms in total. The summed E-state index contributed by atoms with van der Waals surface area (Å²) in [5.74, 6) is -0.835. The predicted octanol–water partition coefficient (Wildman–Crippen LogP) is 3.55. The first-order valence-corrected chi connectivity index (χ1v) is 10.0. The minimum Gasteiger partial charge on any atom is -0.326 e. The Morgan fingerprint density at radius 2 is 1.73 bits per heavy atom. The van der Waals surface area contributed by atoms with Gasteiger partial charge in [0.15, 0.2) is 0 Å². The highest BCUT2D eigenvalue weighted by atomic mass is 32.2. The van der Waals surface area contributed by atoms with Crippen LogP contribution in [0.3, 0.4) is 0 Å². The smallest absolute Gasteiger partial charge is 0.232 e. The number of hydrogen-bond acceptors (Lipinski definition) is 3. The van der Waals surface area contributed by atoms with Crippen molar-refractivity contribution in [2.45, 2.75) is 27.2 Å². The van der Waals surface area contributed by atoms with Crippen LogP contribution in [0.4, 0.5) is 15.8 Å². The molecule has 26 heavy (non-hydrogen) atoms. The normalized spacial score (nSPS) is 11.3. The summed E-state index contributed by atoms with van der Waals surface area (Å²) in [6, 6.07) is 9.38. The zero-order chi connectivity index (χ0) is 19.5. The molecule has 2 aromatic carbocycles. The Kier molecular flexibility index (Phi) is 6.02. The van der Waals surface area contributed by atoms with Crippen LogP contribution in [0.2, 0.25) is 0 Å². The van der Waals surface area contributed by atoms with Crippen LogP contribution in [0.25, 0.3) is 0 Å². The monoisotopic (exact) mass is 378 g/mol. The Balaban J connectivity index is 2.19. The topological polar surface area (TPSA) is 66.5 Å². The lowest BCUT2D eigenvalue weighted by molar-refractivity contribution is -0.116. The van der Waals surface area contributed by atoms with Crippen LogP contribution in [0.1, 0.15) is 23.1 Å². The number of aryl methyl sites for hydroxylation is 3. The van der Waals surface area contributed by atoms with Gasteiger partial charge in [0.05, 0.1) is 11.9 Å². The van der Waals surface area contributed by atoms with Crippen LogP contribution in [-0.2, 0) is 14.8 Å². The van der Waals surface area contributed by atoms with Crippen molar-refractivity contribution < 1.29 is 17.6 Å². The molecule has 0 heterocycles. The van der Waals surface area contributed by atoms with Gasteiger partial charge in [0, 0.05) is 18.7 Å². The summed E-state index contributed by atoms with van der Waals surface area (Å²) in [6.07, 6.45) is 1.08. The average molecular weight is 378 g/mol. The van der Waals surface area contributed by atoms with Gasteiger partial charge in [-0.1, -0.05) is 23.8 Å². The molecule has 2 rings (SSSR count). The van der Waals surface area contributed by atoms with E-state index in [9.17, 15) is 17.6 Å². The van der Waals surface area contributed by atoms with Gasteiger partial charge in [0.2, 0.25) is 15.9 Å². The quantitative estimate of drug-likeness (QED) is 0.836. The van der Waals surface area contributed by atoms with Crippen molar-refractivity contribution in [1.82, 2.24) is 0 Å². The van der Waals surface area contributed by atoms with Crippen molar-refractivity contribution in [2.75, 3.05) is 22.4 Å². The minimum absolute atomic E-state index is 0.00469. The molecule has 0 aliphatic rings. The maximum atomic E-state index is 13.2. The molecule has 7 heteroatoms. The lowest BCUT2D eigenvalue weighted by Gasteiger charge is -2.26. The van der Waals surface area contributed by atoms with Gasteiger partial charge in [-0.05, 0) is 50.1 Å². The predicted molar refractivity (Wildman–Crippen MR) is 102 cm³/mol. The van der Waals surface area contributed by atoms with E-state index >= 15 is 0 Å². The highest BCUT2D eigenvalue weighted by Crippen LogP contribution is 2.28. The fraction of sp³-hybridized carbons (Fsp3) is 0.316. The third-order valence-corrected chi connectivity index (χ3v) is 5.10. The Morgan fingerprint density at radius 1 is 1.12 bits per heavy atom. The van der Waals surface area contributed by atoms with Gasteiger partial charge >= 0.3 is 0 Å². The molecule has 2 aromatic rings. The van der Waals surface area contributed by atoms with E-state index in [0.717, 1.165) is 22.9 Å². The molecule has 0 aliphatic heterocycles. The number of amides is 1. The zero-order valence-electron chi connectivity index (χ0n) is 15.3. The number of nitrogens with zero attached hydrogens (tertiary/aromatic N) is 1. The van der Waals surface area contributed by atoms with E-state index in [1.54, 1.807) is 6.07 Å². The summed E-state index contributed by atoms with van der Waals surface area (Å²) in [5.41, 5.74) is 3.64. The fourth-order valence-corrected chi connectivity index (χ4v) is 4.04. The molecule has 0 bridgehead atoms. The summed E-state index contributed by atoms with van der Waals surface area (Å²) >= 11 is 0. The Hall–Kier alpha value is -2.41. The molecule has 0 radical (unpaired) electrons. The maximum Gasteiger partial charge on any atom is 0.232 e. The minimum atomic E-state index is -3.56. The number of halogens is 1. The lowest BCUT2D eigenvalue weighted by atomic mass is 10.1. The van der Waals surface area contributed by atoms with Gasteiger partial charge in [0.25, 0.3) is 0 Å². The van der Waals surface area contributed by atoms with Crippen molar-refractivity contribution in [2.24, 2.45) is 0 Å². The van der Waals surface area contributed by atoms with Crippen LogP contribution in [-0.4, -0.2) is 27.1 Å². The van der Waals surface area contributed by atoms with Gasteiger partial charge in [-0.2, -0.15) is 0 Å². The first kappa shape index (κ1) is 19.9. The lowest BCUT2D eigenvalue weighted by Crippen LogP contribution is -2.34. The van der Waals surface area contributed by atoms with Crippen LogP contribution < -0.4 is 9.62 Å². The third kappa shape index (κ3) is 5.05. The van der Waals surface area contributed by atoms with E-state index in [4.69, 9.17) is 0 Å². The summed E-state index contributed by atoms with van der Waals surface area (Å²) in [5, 5.41) is 2.58.